The molecule has 1 rings (SSSR count). The lowest BCUT2D eigenvalue weighted by Gasteiger charge is -2.26. The summed E-state index contributed by atoms with van der Waals surface area (Å²) in [6.45, 7) is 39.1. The molecule has 0 aliphatic carbocycles. The van der Waals surface area contributed by atoms with E-state index in [9.17, 15) is 19.2 Å². The number of hydrogen-bond acceptors (Lipinski definition) is 16. The van der Waals surface area contributed by atoms with Crippen LogP contribution < -0.4 is 4.74 Å². The van der Waals surface area contributed by atoms with Crippen LogP contribution in [0.5, 0.6) is 5.75 Å². The Morgan fingerprint density at radius 2 is 0.660 bits per heavy atom. The summed E-state index contributed by atoms with van der Waals surface area (Å²) in [4.78, 5) is 59.6. The van der Waals surface area contributed by atoms with Crippen molar-refractivity contribution in [2.45, 2.75) is 359 Å². The van der Waals surface area contributed by atoms with Gasteiger partial charge in [-0.25, -0.2) is 9.59 Å². The van der Waals surface area contributed by atoms with Crippen molar-refractivity contribution in [3.8, 4) is 5.75 Å². The highest BCUT2D eigenvalue weighted by Gasteiger charge is 2.21. The molecule has 0 fully saturated rings. The topological polar surface area (TPSA) is 177 Å². The molecular formula is C84H162N4O12. The van der Waals surface area contributed by atoms with Gasteiger partial charge in [0.1, 0.15) is 24.6 Å². The van der Waals surface area contributed by atoms with Gasteiger partial charge in [-0.05, 0) is 147 Å². The van der Waals surface area contributed by atoms with Crippen LogP contribution in [0.25, 0.3) is 0 Å². The lowest BCUT2D eigenvalue weighted by Crippen LogP contribution is -2.37. The second-order valence-electron chi connectivity index (χ2n) is 28.3. The summed E-state index contributed by atoms with van der Waals surface area (Å²) >= 11 is 0. The standard InChI is InChI=1S/C39H78N2O5.C35H60O5.C10H24N2O2/c1-7-13-16-19-20-22-26-36(25-21-17-14-8-2)35-45-38(42)29-24-28-37(27-23-18-15-9-3)46-39(43)44-34-33-41(30-10-4)32-31-40(11-5)12-6;1-5-8-11-14-15-17-21-31(20-16-12-9-6-2)29-38-34(36)24-19-23-32(22-18-13-10-7-3)39-35(37)40-33-27-25-30(4)26-28-33;1-3-11(4-2)5-6-12(7-9-13)8-10-14/h36-37H,7-35H2,1-6H3;25-28,31-32H,5-24,29H2,1-4H3;13-14H,3-10H2,1-2H3. The number of nitrogens with zero attached hydrogens (tertiary/aromatic N) is 4. The van der Waals surface area contributed by atoms with Gasteiger partial charge in [0, 0.05) is 58.7 Å². The van der Waals surface area contributed by atoms with Gasteiger partial charge in [0.25, 0.3) is 0 Å². The zero-order valence-corrected chi connectivity index (χ0v) is 67.4. The van der Waals surface area contributed by atoms with Gasteiger partial charge in [0.15, 0.2) is 0 Å². The van der Waals surface area contributed by atoms with E-state index in [4.69, 9.17) is 38.6 Å². The third-order valence-electron chi connectivity index (χ3n) is 19.4. The van der Waals surface area contributed by atoms with Crippen LogP contribution in [0, 0.1) is 18.8 Å². The molecule has 1 aromatic carbocycles. The average molecular weight is 1420 g/mol. The van der Waals surface area contributed by atoms with E-state index in [1.165, 1.54) is 148 Å². The maximum atomic E-state index is 12.7. The number of unbranched alkanes of at least 4 members (excludes halogenated alkanes) is 22. The summed E-state index contributed by atoms with van der Waals surface area (Å²) in [7, 11) is 0. The number of aliphatic hydroxyl groups excluding tert-OH is 2. The van der Waals surface area contributed by atoms with Crippen LogP contribution in [0.15, 0.2) is 24.3 Å². The first-order valence-corrected chi connectivity index (χ1v) is 41.9. The van der Waals surface area contributed by atoms with Crippen LogP contribution >= 0.6 is 0 Å². The maximum absolute atomic E-state index is 12.7. The van der Waals surface area contributed by atoms with E-state index in [-0.39, 0.29) is 37.4 Å². The van der Waals surface area contributed by atoms with Gasteiger partial charge in [-0.1, -0.05) is 261 Å². The first kappa shape index (κ1) is 98.5. The largest absolute Gasteiger partial charge is 0.514 e. The minimum Gasteiger partial charge on any atom is -0.465 e. The van der Waals surface area contributed by atoms with Crippen molar-refractivity contribution in [2.24, 2.45) is 11.8 Å². The Labute approximate surface area is 616 Å². The monoisotopic (exact) mass is 1420 g/mol. The second-order valence-corrected chi connectivity index (χ2v) is 28.3. The molecule has 16 heteroatoms. The fraction of sp³-hybridized carbons (Fsp3) is 0.881. The lowest BCUT2D eigenvalue weighted by molar-refractivity contribution is -0.146. The first-order valence-electron chi connectivity index (χ1n) is 41.9. The molecule has 4 atom stereocenters. The molecule has 0 bridgehead atoms. The molecule has 0 heterocycles. The molecule has 0 spiro atoms. The molecule has 0 aliphatic heterocycles. The van der Waals surface area contributed by atoms with Gasteiger partial charge in [-0.3, -0.25) is 19.4 Å². The summed E-state index contributed by atoms with van der Waals surface area (Å²) in [5.41, 5.74) is 1.10. The highest BCUT2D eigenvalue weighted by molar-refractivity contribution is 5.69. The highest BCUT2D eigenvalue weighted by Crippen LogP contribution is 2.24. The number of esters is 2. The van der Waals surface area contributed by atoms with Crippen molar-refractivity contribution >= 4 is 24.2 Å². The zero-order chi connectivity index (χ0) is 74.2. The molecule has 1 aromatic rings. The molecule has 0 aliphatic rings. The maximum Gasteiger partial charge on any atom is 0.514 e. The van der Waals surface area contributed by atoms with E-state index in [2.05, 4.69) is 95.8 Å². The van der Waals surface area contributed by atoms with E-state index >= 15 is 0 Å². The lowest BCUT2D eigenvalue weighted by atomic mass is 9.95. The number of aliphatic hydroxyl groups is 2. The fourth-order valence-corrected chi connectivity index (χ4v) is 12.6. The Hall–Kier alpha value is -3.54. The number of benzene rings is 1. The summed E-state index contributed by atoms with van der Waals surface area (Å²) in [5, 5.41) is 17.6. The Morgan fingerprint density at radius 1 is 0.340 bits per heavy atom. The number of carbonyl (C=O) groups is 4. The van der Waals surface area contributed by atoms with Crippen molar-refractivity contribution in [2.75, 3.05) is 112 Å². The Morgan fingerprint density at radius 3 is 1.02 bits per heavy atom. The third-order valence-corrected chi connectivity index (χ3v) is 19.4. The molecule has 100 heavy (non-hydrogen) atoms. The van der Waals surface area contributed by atoms with E-state index in [1.54, 1.807) is 12.1 Å². The third kappa shape index (κ3) is 64.1. The molecule has 4 unspecified atom stereocenters. The molecule has 0 radical (unpaired) electrons. The second kappa shape index (κ2) is 75.2. The number of hydrogen-bond donors (Lipinski definition) is 2. The van der Waals surface area contributed by atoms with Crippen LogP contribution in [-0.2, 0) is 33.3 Å². The van der Waals surface area contributed by atoms with Gasteiger partial charge in [0.2, 0.25) is 0 Å². The Kier molecular flexibility index (Phi) is 74.0. The van der Waals surface area contributed by atoms with Crippen molar-refractivity contribution in [1.82, 2.24) is 19.6 Å². The molecule has 0 amide bonds. The van der Waals surface area contributed by atoms with Crippen molar-refractivity contribution in [3.05, 3.63) is 29.8 Å². The van der Waals surface area contributed by atoms with Gasteiger partial charge in [0.05, 0.1) is 26.4 Å². The van der Waals surface area contributed by atoms with Gasteiger partial charge >= 0.3 is 24.2 Å². The van der Waals surface area contributed by atoms with Crippen LogP contribution in [0.1, 0.15) is 345 Å². The van der Waals surface area contributed by atoms with Crippen molar-refractivity contribution in [3.63, 3.8) is 0 Å². The van der Waals surface area contributed by atoms with E-state index in [0.29, 0.717) is 89.0 Å². The van der Waals surface area contributed by atoms with Gasteiger partial charge in [-0.15, -0.1) is 0 Å². The number of rotatable bonds is 68. The fourth-order valence-electron chi connectivity index (χ4n) is 12.6. The predicted octanol–water partition coefficient (Wildman–Crippen LogP) is 21.1. The van der Waals surface area contributed by atoms with Gasteiger partial charge < -0.3 is 48.4 Å². The minimum atomic E-state index is -0.674. The average Bonchev–Trinajstić information content (AvgIpc) is 1.31. The molecule has 590 valence electrons. The summed E-state index contributed by atoms with van der Waals surface area (Å²) in [5.74, 6) is 1.18. The number of ether oxygens (including phenoxy) is 6. The van der Waals surface area contributed by atoms with Crippen molar-refractivity contribution in [1.29, 1.82) is 0 Å². The molecule has 16 nitrogen and oxygen atoms in total. The highest BCUT2D eigenvalue weighted by atomic mass is 16.7. The Balaban J connectivity index is 0. The van der Waals surface area contributed by atoms with Gasteiger partial charge in [-0.2, -0.15) is 0 Å². The summed E-state index contributed by atoms with van der Waals surface area (Å²) in [6, 6.07) is 7.35. The first-order chi connectivity index (χ1) is 48.7. The Bertz CT molecular complexity index is 1900. The minimum absolute atomic E-state index is 0.116. The van der Waals surface area contributed by atoms with E-state index in [0.717, 1.165) is 148 Å². The summed E-state index contributed by atoms with van der Waals surface area (Å²) in [6.07, 6.45) is 43.5. The smallest absolute Gasteiger partial charge is 0.465 e. The zero-order valence-electron chi connectivity index (χ0n) is 67.4. The molecular weight excluding hydrogens is 1260 g/mol. The SMILES string of the molecule is CCCCCCCCC(CCCCCC)COC(=O)CCCC(CCCCCC)OC(=O)OCCN(CCC)CCN(CC)CC.CCCCCCCCC(CCCCCC)COC(=O)CCCC(CCCCCC)OC(=O)Oc1ccc(C)cc1.CCN(CC)CCN(CCO)CCO. The molecule has 0 saturated carbocycles. The number of aryl methyl sites for hydroxylation is 1. The van der Waals surface area contributed by atoms with E-state index in [1.807, 2.05) is 19.1 Å². The normalized spacial score (nSPS) is 12.6. The number of likely N-dealkylation sites (N-methyl/N-ethyl adjacent to an activating group) is 2. The summed E-state index contributed by atoms with van der Waals surface area (Å²) < 4.78 is 33.9. The van der Waals surface area contributed by atoms with Crippen LogP contribution in [0.4, 0.5) is 9.59 Å². The molecule has 0 aromatic heterocycles. The van der Waals surface area contributed by atoms with Crippen LogP contribution in [-0.4, -0.2) is 178 Å². The quantitative estimate of drug-likeness (QED) is 0.0272. The predicted molar refractivity (Wildman–Crippen MR) is 419 cm³/mol. The van der Waals surface area contributed by atoms with E-state index < -0.39 is 12.3 Å². The molecule has 0 saturated heterocycles. The van der Waals surface area contributed by atoms with Crippen LogP contribution in [0.3, 0.4) is 0 Å². The van der Waals surface area contributed by atoms with Crippen molar-refractivity contribution < 1.29 is 57.8 Å². The number of carbonyl (C=O) groups excluding carboxylic acids is 4. The van der Waals surface area contributed by atoms with Crippen LogP contribution in [0.2, 0.25) is 0 Å². The molecule has 2 N–H and O–H groups in total.